The van der Waals surface area contributed by atoms with Crippen molar-refractivity contribution in [2.24, 2.45) is 0 Å². The van der Waals surface area contributed by atoms with Crippen LogP contribution in [-0.2, 0) is 11.2 Å². The fourth-order valence-corrected chi connectivity index (χ4v) is 3.17. The first kappa shape index (κ1) is 16.1. The summed E-state index contributed by atoms with van der Waals surface area (Å²) in [6.45, 7) is 7.86. The van der Waals surface area contributed by atoms with E-state index in [-0.39, 0.29) is 12.1 Å². The lowest BCUT2D eigenvalue weighted by atomic mass is 9.98. The summed E-state index contributed by atoms with van der Waals surface area (Å²) in [6.07, 6.45) is 0.940. The Hall–Kier alpha value is -1.23. The summed E-state index contributed by atoms with van der Waals surface area (Å²) < 4.78 is 6.03. The van der Waals surface area contributed by atoms with Gasteiger partial charge in [0.05, 0.1) is 16.8 Å². The van der Waals surface area contributed by atoms with Crippen LogP contribution in [0.5, 0.6) is 0 Å². The Labute approximate surface area is 131 Å². The van der Waals surface area contributed by atoms with Gasteiger partial charge in [-0.3, -0.25) is 0 Å². The zero-order chi connectivity index (χ0) is 15.1. The molecule has 114 valence electrons. The summed E-state index contributed by atoms with van der Waals surface area (Å²) in [4.78, 5) is 4.59. The van der Waals surface area contributed by atoms with Gasteiger partial charge in [-0.15, -0.1) is 11.3 Å². The van der Waals surface area contributed by atoms with E-state index in [9.17, 15) is 0 Å². The number of thiazole rings is 1. The van der Waals surface area contributed by atoms with Gasteiger partial charge >= 0.3 is 0 Å². The summed E-state index contributed by atoms with van der Waals surface area (Å²) in [7, 11) is 0. The van der Waals surface area contributed by atoms with Crippen LogP contribution in [0.1, 0.15) is 36.2 Å². The highest BCUT2D eigenvalue weighted by molar-refractivity contribution is 7.09. The van der Waals surface area contributed by atoms with Gasteiger partial charge in [0.15, 0.2) is 0 Å². The monoisotopic (exact) mass is 304 g/mol. The van der Waals surface area contributed by atoms with Crippen LogP contribution in [0.15, 0.2) is 35.7 Å². The van der Waals surface area contributed by atoms with E-state index >= 15 is 0 Å². The topological polar surface area (TPSA) is 34.2 Å². The quantitative estimate of drug-likeness (QED) is 0.806. The van der Waals surface area contributed by atoms with Crippen molar-refractivity contribution in [1.82, 2.24) is 10.3 Å². The van der Waals surface area contributed by atoms with Crippen LogP contribution in [0.2, 0.25) is 0 Å². The maximum Gasteiger partial charge on any atom is 0.0981 e. The van der Waals surface area contributed by atoms with Crippen LogP contribution in [0.25, 0.3) is 0 Å². The molecule has 1 aromatic heterocycles. The van der Waals surface area contributed by atoms with E-state index in [2.05, 4.69) is 46.9 Å². The lowest BCUT2D eigenvalue weighted by molar-refractivity contribution is 0.0334. The number of nitrogens with zero attached hydrogens (tertiary/aromatic N) is 1. The second-order valence-corrected chi connectivity index (χ2v) is 6.08. The minimum Gasteiger partial charge on any atom is -0.372 e. The Bertz CT molecular complexity index is 527. The molecule has 1 N–H and O–H groups in total. The second kappa shape index (κ2) is 8.27. The van der Waals surface area contributed by atoms with Crippen molar-refractivity contribution < 1.29 is 4.74 Å². The molecule has 0 aliphatic carbocycles. The fraction of sp³-hybridized carbons (Fsp3) is 0.471. The first-order valence-electron chi connectivity index (χ1n) is 7.55. The van der Waals surface area contributed by atoms with Crippen LogP contribution in [-0.4, -0.2) is 24.2 Å². The first-order valence-corrected chi connectivity index (χ1v) is 8.43. The molecule has 4 heteroatoms. The Morgan fingerprint density at radius 1 is 1.24 bits per heavy atom. The standard InChI is InChI=1S/C17H24N2OS/c1-4-18-16(11-15-12-21-13(3)19-15)17(20-5-2)14-9-7-6-8-10-14/h6-10,12,16-18H,4-5,11H2,1-3H3. The third kappa shape index (κ3) is 4.63. The average Bonchev–Trinajstić information content (AvgIpc) is 2.90. The van der Waals surface area contributed by atoms with E-state index in [1.165, 1.54) is 5.56 Å². The minimum atomic E-state index is 0.0538. The van der Waals surface area contributed by atoms with Gasteiger partial charge in [-0.2, -0.15) is 0 Å². The van der Waals surface area contributed by atoms with Crippen molar-refractivity contribution in [2.75, 3.05) is 13.2 Å². The Kier molecular flexibility index (Phi) is 6.36. The molecule has 2 aromatic rings. The third-order valence-corrected chi connectivity index (χ3v) is 4.22. The Balaban J connectivity index is 2.19. The van der Waals surface area contributed by atoms with Gasteiger partial charge in [-0.1, -0.05) is 37.3 Å². The van der Waals surface area contributed by atoms with Gasteiger partial charge in [0, 0.05) is 24.4 Å². The lowest BCUT2D eigenvalue weighted by Gasteiger charge is -2.27. The van der Waals surface area contributed by atoms with Crippen LogP contribution < -0.4 is 5.32 Å². The molecule has 0 spiro atoms. The van der Waals surface area contributed by atoms with Gasteiger partial charge in [0.25, 0.3) is 0 Å². The number of rotatable bonds is 8. The van der Waals surface area contributed by atoms with Gasteiger partial charge in [-0.05, 0) is 26.0 Å². The molecule has 2 atom stereocenters. The molecule has 0 bridgehead atoms. The largest absolute Gasteiger partial charge is 0.372 e. The molecule has 0 saturated carbocycles. The maximum absolute atomic E-state index is 6.03. The molecule has 0 fully saturated rings. The predicted octanol–water partition coefficient (Wildman–Crippen LogP) is 3.75. The lowest BCUT2D eigenvalue weighted by Crippen LogP contribution is -2.38. The summed E-state index contributed by atoms with van der Waals surface area (Å²) in [6, 6.07) is 10.7. The summed E-state index contributed by atoms with van der Waals surface area (Å²) in [5, 5.41) is 6.83. The molecule has 0 amide bonds. The number of ether oxygens (including phenoxy) is 1. The summed E-state index contributed by atoms with van der Waals surface area (Å²) in [5.74, 6) is 0. The normalized spacial score (nSPS) is 14.0. The van der Waals surface area contributed by atoms with Crippen molar-refractivity contribution >= 4 is 11.3 Å². The SMILES string of the molecule is CCNC(Cc1csc(C)n1)C(OCC)c1ccccc1. The maximum atomic E-state index is 6.03. The fourth-order valence-electron chi connectivity index (χ4n) is 2.54. The molecule has 0 saturated heterocycles. The molecule has 3 nitrogen and oxygen atoms in total. The Morgan fingerprint density at radius 3 is 2.57 bits per heavy atom. The zero-order valence-corrected chi connectivity index (χ0v) is 13.8. The molecule has 2 rings (SSSR count). The molecule has 1 aromatic carbocycles. The van der Waals surface area contributed by atoms with Crippen LogP contribution >= 0.6 is 11.3 Å². The molecule has 0 aliphatic rings. The number of nitrogens with one attached hydrogen (secondary N) is 1. The van der Waals surface area contributed by atoms with Crippen molar-refractivity contribution in [3.8, 4) is 0 Å². The van der Waals surface area contributed by atoms with E-state index in [1.54, 1.807) is 11.3 Å². The number of aromatic nitrogens is 1. The predicted molar refractivity (Wildman–Crippen MR) is 88.8 cm³/mol. The van der Waals surface area contributed by atoms with E-state index in [1.807, 2.05) is 19.9 Å². The van der Waals surface area contributed by atoms with Gasteiger partial charge in [-0.25, -0.2) is 4.98 Å². The number of benzene rings is 1. The van der Waals surface area contributed by atoms with Crippen LogP contribution in [0.3, 0.4) is 0 Å². The van der Waals surface area contributed by atoms with E-state index in [0.717, 1.165) is 23.7 Å². The highest BCUT2D eigenvalue weighted by Gasteiger charge is 2.24. The van der Waals surface area contributed by atoms with Crippen molar-refractivity contribution in [3.63, 3.8) is 0 Å². The minimum absolute atomic E-state index is 0.0538. The smallest absolute Gasteiger partial charge is 0.0981 e. The number of hydrogen-bond donors (Lipinski definition) is 1. The second-order valence-electron chi connectivity index (χ2n) is 5.01. The van der Waals surface area contributed by atoms with E-state index in [0.29, 0.717) is 6.61 Å². The number of aryl methyl sites for hydroxylation is 1. The number of hydrogen-bond acceptors (Lipinski definition) is 4. The van der Waals surface area contributed by atoms with Crippen LogP contribution in [0, 0.1) is 6.92 Å². The molecular weight excluding hydrogens is 280 g/mol. The molecule has 0 radical (unpaired) electrons. The Morgan fingerprint density at radius 2 is 2.00 bits per heavy atom. The first-order chi connectivity index (χ1) is 10.2. The van der Waals surface area contributed by atoms with Crippen molar-refractivity contribution in [3.05, 3.63) is 52.0 Å². The van der Waals surface area contributed by atoms with Crippen LogP contribution in [0.4, 0.5) is 0 Å². The summed E-state index contributed by atoms with van der Waals surface area (Å²) in [5.41, 5.74) is 2.36. The van der Waals surface area contributed by atoms with Gasteiger partial charge < -0.3 is 10.1 Å². The number of likely N-dealkylation sites (N-methyl/N-ethyl adjacent to an activating group) is 1. The van der Waals surface area contributed by atoms with Crippen molar-refractivity contribution in [1.29, 1.82) is 0 Å². The van der Waals surface area contributed by atoms with Crippen molar-refractivity contribution in [2.45, 2.75) is 39.3 Å². The highest BCUT2D eigenvalue weighted by Crippen LogP contribution is 2.24. The summed E-state index contributed by atoms with van der Waals surface area (Å²) >= 11 is 1.71. The van der Waals surface area contributed by atoms with E-state index in [4.69, 9.17) is 4.74 Å². The third-order valence-electron chi connectivity index (χ3n) is 3.40. The zero-order valence-electron chi connectivity index (χ0n) is 13.0. The molecule has 1 heterocycles. The molecule has 21 heavy (non-hydrogen) atoms. The molecule has 0 aliphatic heterocycles. The molecule has 2 unspecified atom stereocenters. The van der Waals surface area contributed by atoms with Gasteiger partial charge in [0.1, 0.15) is 0 Å². The van der Waals surface area contributed by atoms with Gasteiger partial charge in [0.2, 0.25) is 0 Å². The molecular formula is C17H24N2OS. The van der Waals surface area contributed by atoms with E-state index < -0.39 is 0 Å². The highest BCUT2D eigenvalue weighted by atomic mass is 32.1. The average molecular weight is 304 g/mol.